The zero-order valence-electron chi connectivity index (χ0n) is 12.5. The van der Waals surface area contributed by atoms with Crippen molar-refractivity contribution in [3.05, 3.63) is 24.3 Å². The Morgan fingerprint density at radius 3 is 2.62 bits per heavy atom. The zero-order valence-corrected chi connectivity index (χ0v) is 13.3. The Labute approximate surface area is 127 Å². The average molecular weight is 312 g/mol. The van der Waals surface area contributed by atoms with E-state index >= 15 is 0 Å². The summed E-state index contributed by atoms with van der Waals surface area (Å²) in [5.41, 5.74) is 0.694. The Balaban J connectivity index is 2.34. The average Bonchev–Trinajstić information content (AvgIpc) is 2.43. The number of anilines is 1. The van der Waals surface area contributed by atoms with E-state index in [0.717, 1.165) is 25.7 Å². The number of sulfonamides is 1. The van der Waals surface area contributed by atoms with Crippen molar-refractivity contribution in [1.82, 2.24) is 4.72 Å². The molecule has 1 aromatic carbocycles. The van der Waals surface area contributed by atoms with Crippen molar-refractivity contribution in [2.24, 2.45) is 0 Å². The van der Waals surface area contributed by atoms with Gasteiger partial charge >= 0.3 is 0 Å². The maximum absolute atomic E-state index is 12.4. The maximum Gasteiger partial charge on any atom is 0.242 e. The van der Waals surface area contributed by atoms with Gasteiger partial charge in [-0.25, -0.2) is 13.1 Å². The van der Waals surface area contributed by atoms with Crippen LogP contribution in [0.15, 0.2) is 29.2 Å². The van der Waals surface area contributed by atoms with Crippen LogP contribution in [0.25, 0.3) is 0 Å². The van der Waals surface area contributed by atoms with Crippen molar-refractivity contribution in [2.45, 2.75) is 43.5 Å². The molecule has 0 atom stereocenters. The molecular weight excluding hydrogens is 288 g/mol. The Morgan fingerprint density at radius 1 is 1.33 bits per heavy atom. The second kappa shape index (κ2) is 7.24. The van der Waals surface area contributed by atoms with Gasteiger partial charge in [-0.05, 0) is 37.8 Å². The van der Waals surface area contributed by atoms with Crippen LogP contribution in [-0.4, -0.2) is 39.3 Å². The van der Waals surface area contributed by atoms with E-state index in [1.165, 1.54) is 0 Å². The quantitative estimate of drug-likeness (QED) is 0.767. The smallest absolute Gasteiger partial charge is 0.242 e. The number of rotatable bonds is 8. The lowest BCUT2D eigenvalue weighted by Crippen LogP contribution is -2.43. The van der Waals surface area contributed by atoms with Crippen LogP contribution in [0.3, 0.4) is 0 Å². The molecule has 5 nitrogen and oxygen atoms in total. The van der Waals surface area contributed by atoms with Crippen LogP contribution in [0.5, 0.6) is 0 Å². The molecule has 0 spiro atoms. The normalized spacial score (nSPS) is 15.7. The molecule has 0 radical (unpaired) electrons. The molecule has 1 saturated carbocycles. The summed E-state index contributed by atoms with van der Waals surface area (Å²) in [6.07, 6.45) is 4.02. The second-order valence-corrected chi connectivity index (χ2v) is 7.10. The summed E-state index contributed by atoms with van der Waals surface area (Å²) in [5.74, 6) is 0. The number of nitrogens with one attached hydrogen (secondary N) is 1. The lowest BCUT2D eigenvalue weighted by Gasteiger charge is -2.39. The van der Waals surface area contributed by atoms with Gasteiger partial charge in [0.15, 0.2) is 0 Å². The first-order valence-electron chi connectivity index (χ1n) is 7.56. The third-order valence-corrected chi connectivity index (χ3v) is 5.37. The fourth-order valence-electron chi connectivity index (χ4n) is 2.54. The lowest BCUT2D eigenvalue weighted by atomic mass is 9.91. The van der Waals surface area contributed by atoms with Gasteiger partial charge in [-0.3, -0.25) is 0 Å². The van der Waals surface area contributed by atoms with Gasteiger partial charge in [-0.15, -0.1) is 0 Å². The molecule has 1 aromatic rings. The topological polar surface area (TPSA) is 69.6 Å². The zero-order chi connectivity index (χ0) is 15.3. The molecule has 2 rings (SSSR count). The van der Waals surface area contributed by atoms with Gasteiger partial charge in [-0.1, -0.05) is 19.1 Å². The summed E-state index contributed by atoms with van der Waals surface area (Å²) in [6, 6.07) is 7.38. The number of hydrogen-bond acceptors (Lipinski definition) is 4. The van der Waals surface area contributed by atoms with Crippen molar-refractivity contribution < 1.29 is 13.5 Å². The van der Waals surface area contributed by atoms with E-state index in [0.29, 0.717) is 29.7 Å². The molecule has 0 bridgehead atoms. The highest BCUT2D eigenvalue weighted by molar-refractivity contribution is 7.89. The van der Waals surface area contributed by atoms with Gasteiger partial charge in [-0.2, -0.15) is 0 Å². The molecule has 1 fully saturated rings. The van der Waals surface area contributed by atoms with Crippen LogP contribution in [0.4, 0.5) is 5.69 Å². The SMILES string of the molecule is CCCNS(=O)(=O)c1ccccc1N(CCO)C1CCC1. The highest BCUT2D eigenvalue weighted by Gasteiger charge is 2.29. The van der Waals surface area contributed by atoms with Crippen LogP contribution in [0, 0.1) is 0 Å². The summed E-state index contributed by atoms with van der Waals surface area (Å²) in [5, 5.41) is 9.29. The summed E-state index contributed by atoms with van der Waals surface area (Å²) in [6.45, 7) is 2.85. The van der Waals surface area contributed by atoms with Crippen LogP contribution in [0.1, 0.15) is 32.6 Å². The van der Waals surface area contributed by atoms with E-state index in [4.69, 9.17) is 0 Å². The summed E-state index contributed by atoms with van der Waals surface area (Å²) < 4.78 is 27.5. The fourth-order valence-corrected chi connectivity index (χ4v) is 3.89. The lowest BCUT2D eigenvalue weighted by molar-refractivity contribution is 0.283. The summed E-state index contributed by atoms with van der Waals surface area (Å²) in [7, 11) is -3.51. The molecule has 0 aromatic heterocycles. The molecule has 1 aliphatic rings. The minimum atomic E-state index is -3.51. The number of para-hydroxylation sites is 1. The summed E-state index contributed by atoms with van der Waals surface area (Å²) >= 11 is 0. The number of nitrogens with zero attached hydrogens (tertiary/aromatic N) is 1. The Hall–Kier alpha value is -1.11. The van der Waals surface area contributed by atoms with Gasteiger partial charge in [0.2, 0.25) is 10.0 Å². The van der Waals surface area contributed by atoms with Crippen molar-refractivity contribution in [1.29, 1.82) is 0 Å². The third-order valence-electron chi connectivity index (χ3n) is 3.86. The molecule has 0 amide bonds. The standard InChI is InChI=1S/C15H24N2O3S/c1-2-10-16-21(19,20)15-9-4-3-8-14(15)17(11-12-18)13-6-5-7-13/h3-4,8-9,13,16,18H,2,5-7,10-12H2,1H3. The number of aliphatic hydroxyl groups is 1. The van der Waals surface area contributed by atoms with Crippen molar-refractivity contribution in [2.75, 3.05) is 24.6 Å². The molecule has 1 aliphatic carbocycles. The van der Waals surface area contributed by atoms with E-state index in [-0.39, 0.29) is 6.61 Å². The molecule has 118 valence electrons. The predicted molar refractivity (Wildman–Crippen MR) is 84.0 cm³/mol. The molecular formula is C15H24N2O3S. The molecule has 0 heterocycles. The van der Waals surface area contributed by atoms with Gasteiger partial charge < -0.3 is 10.0 Å². The van der Waals surface area contributed by atoms with Crippen molar-refractivity contribution >= 4 is 15.7 Å². The van der Waals surface area contributed by atoms with Gasteiger partial charge in [0, 0.05) is 19.1 Å². The van der Waals surface area contributed by atoms with Crippen molar-refractivity contribution in [3.8, 4) is 0 Å². The highest BCUT2D eigenvalue weighted by Crippen LogP contribution is 2.33. The van der Waals surface area contributed by atoms with E-state index in [1.54, 1.807) is 12.1 Å². The van der Waals surface area contributed by atoms with Gasteiger partial charge in [0.05, 0.1) is 12.3 Å². The van der Waals surface area contributed by atoms with Crippen LogP contribution in [0.2, 0.25) is 0 Å². The first-order valence-corrected chi connectivity index (χ1v) is 9.04. The first kappa shape index (κ1) is 16.3. The molecule has 0 saturated heterocycles. The molecule has 0 aliphatic heterocycles. The Bertz CT molecular complexity index is 556. The third kappa shape index (κ3) is 3.75. The van der Waals surface area contributed by atoms with Crippen LogP contribution in [-0.2, 0) is 10.0 Å². The monoisotopic (exact) mass is 312 g/mol. The molecule has 21 heavy (non-hydrogen) atoms. The molecule has 6 heteroatoms. The van der Waals surface area contributed by atoms with Gasteiger partial charge in [0.25, 0.3) is 0 Å². The molecule has 2 N–H and O–H groups in total. The van der Waals surface area contributed by atoms with E-state index in [9.17, 15) is 13.5 Å². The largest absolute Gasteiger partial charge is 0.395 e. The van der Waals surface area contributed by atoms with Crippen molar-refractivity contribution in [3.63, 3.8) is 0 Å². The number of benzene rings is 1. The minimum Gasteiger partial charge on any atom is -0.395 e. The first-order chi connectivity index (χ1) is 10.1. The Kier molecular flexibility index (Phi) is 5.61. The second-order valence-electron chi connectivity index (χ2n) is 5.37. The van der Waals surface area contributed by atoms with E-state index in [1.807, 2.05) is 24.0 Å². The van der Waals surface area contributed by atoms with Crippen LogP contribution >= 0.6 is 0 Å². The summed E-state index contributed by atoms with van der Waals surface area (Å²) in [4.78, 5) is 2.34. The predicted octanol–water partition coefficient (Wildman–Crippen LogP) is 1.73. The highest BCUT2D eigenvalue weighted by atomic mass is 32.2. The van der Waals surface area contributed by atoms with E-state index < -0.39 is 10.0 Å². The molecule has 0 unspecified atom stereocenters. The number of hydrogen-bond donors (Lipinski definition) is 2. The number of aliphatic hydroxyl groups excluding tert-OH is 1. The fraction of sp³-hybridized carbons (Fsp3) is 0.600. The minimum absolute atomic E-state index is 0.0211. The van der Waals surface area contributed by atoms with E-state index in [2.05, 4.69) is 4.72 Å². The van der Waals surface area contributed by atoms with Gasteiger partial charge in [0.1, 0.15) is 4.90 Å². The van der Waals surface area contributed by atoms with Crippen LogP contribution < -0.4 is 9.62 Å². The maximum atomic E-state index is 12.4. The Morgan fingerprint density at radius 2 is 2.05 bits per heavy atom.